The largest absolute Gasteiger partial charge is 0.673 e. The van der Waals surface area contributed by atoms with Crippen molar-refractivity contribution >= 4 is 7.25 Å². The van der Waals surface area contributed by atoms with E-state index in [9.17, 15) is 17.3 Å². The van der Waals surface area contributed by atoms with Crippen LogP contribution in [0, 0.1) is 0 Å². The molecule has 3 aromatic rings. The van der Waals surface area contributed by atoms with E-state index in [1.165, 1.54) is 11.1 Å². The molecule has 1 atom stereocenters. The highest BCUT2D eigenvalue weighted by Gasteiger charge is 2.30. The first-order valence-corrected chi connectivity index (χ1v) is 10.1. The van der Waals surface area contributed by atoms with Gasteiger partial charge in [-0.05, 0) is 28.7 Å². The summed E-state index contributed by atoms with van der Waals surface area (Å²) in [6, 6.07) is 19.5. The molecule has 0 N–H and O–H groups in total. The minimum atomic E-state index is -6.00. The Morgan fingerprint density at radius 1 is 1.03 bits per heavy atom. The monoisotopic (exact) mass is 435 g/mol. The molecule has 0 unspecified atom stereocenters. The van der Waals surface area contributed by atoms with Crippen molar-refractivity contribution in [3.8, 4) is 5.69 Å². The molecule has 0 saturated heterocycles. The normalized spacial score (nSPS) is 16.3. The lowest BCUT2D eigenvalue weighted by molar-refractivity contribution is -0.742. The molecule has 0 amide bonds. The van der Waals surface area contributed by atoms with Gasteiger partial charge in [0.1, 0.15) is 18.3 Å². The topological polar surface area (TPSA) is 30.9 Å². The molecular weight excluding hydrogens is 409 g/mol. The Kier molecular flexibility index (Phi) is 6.84. The van der Waals surface area contributed by atoms with E-state index in [-0.39, 0.29) is 11.5 Å². The molecule has 1 aliphatic rings. The summed E-state index contributed by atoms with van der Waals surface area (Å²) < 4.78 is 49.0. The van der Waals surface area contributed by atoms with Crippen molar-refractivity contribution in [2.24, 2.45) is 0 Å². The van der Waals surface area contributed by atoms with Gasteiger partial charge in [0, 0.05) is 11.5 Å². The van der Waals surface area contributed by atoms with E-state index in [1.54, 1.807) is 0 Å². The van der Waals surface area contributed by atoms with Gasteiger partial charge >= 0.3 is 13.1 Å². The Labute approximate surface area is 179 Å². The molecule has 2 heterocycles. The second kappa shape index (κ2) is 9.22. The van der Waals surface area contributed by atoms with Crippen LogP contribution in [0.4, 0.5) is 17.3 Å². The summed E-state index contributed by atoms with van der Waals surface area (Å²) in [7, 11) is -6.00. The minimum Gasteiger partial charge on any atom is -0.418 e. The molecule has 0 fully saturated rings. The lowest BCUT2D eigenvalue weighted by Gasteiger charge is -2.19. The maximum Gasteiger partial charge on any atom is 0.673 e. The third kappa shape index (κ3) is 6.65. The predicted octanol–water partition coefficient (Wildman–Crippen LogP) is 5.07. The summed E-state index contributed by atoms with van der Waals surface area (Å²) in [5.41, 5.74) is 3.89. The van der Waals surface area contributed by atoms with E-state index in [0.29, 0.717) is 6.61 Å². The fourth-order valence-corrected chi connectivity index (χ4v) is 3.44. The standard InChI is InChI=1S/C22H26N3O.BF4/c1-22(2,3)18-9-11-19(12-10-18)25-16-24-20(14-26-15-21(24)23-25)13-17-7-5-4-6-8-17;2-1(3,4)5/h4-12,16,20H,13-15H2,1-3H3;/q+1;-1/t20-;/m0./s1. The zero-order valence-corrected chi connectivity index (χ0v) is 17.8. The molecule has 9 heteroatoms. The summed E-state index contributed by atoms with van der Waals surface area (Å²) in [6.07, 6.45) is 3.06. The van der Waals surface area contributed by atoms with Crippen molar-refractivity contribution in [2.45, 2.75) is 45.3 Å². The van der Waals surface area contributed by atoms with Crippen LogP contribution in [-0.4, -0.2) is 23.6 Å². The van der Waals surface area contributed by atoms with Crippen molar-refractivity contribution in [3.63, 3.8) is 0 Å². The smallest absolute Gasteiger partial charge is 0.418 e. The fourth-order valence-electron chi connectivity index (χ4n) is 3.44. The van der Waals surface area contributed by atoms with Crippen LogP contribution in [0.2, 0.25) is 0 Å². The van der Waals surface area contributed by atoms with Crippen molar-refractivity contribution < 1.29 is 26.6 Å². The number of fused-ring (bicyclic) bond motifs is 1. The maximum absolute atomic E-state index is 9.75. The summed E-state index contributed by atoms with van der Waals surface area (Å²) in [4.78, 5) is 0. The van der Waals surface area contributed by atoms with Crippen LogP contribution in [0.5, 0.6) is 0 Å². The first-order chi connectivity index (χ1) is 14.5. The molecular formula is C22H26BF4N3O. The van der Waals surface area contributed by atoms with Crippen molar-refractivity contribution in [3.05, 3.63) is 77.9 Å². The summed E-state index contributed by atoms with van der Waals surface area (Å²) >= 11 is 0. The number of nitrogens with zero attached hydrogens (tertiary/aromatic N) is 3. The van der Waals surface area contributed by atoms with Gasteiger partial charge in [0.2, 0.25) is 6.33 Å². The van der Waals surface area contributed by atoms with E-state index >= 15 is 0 Å². The number of hydrogen-bond acceptors (Lipinski definition) is 2. The predicted molar refractivity (Wildman–Crippen MR) is 111 cm³/mol. The first-order valence-electron chi connectivity index (χ1n) is 10.1. The van der Waals surface area contributed by atoms with Gasteiger partial charge in [0.05, 0.1) is 6.61 Å². The van der Waals surface area contributed by atoms with Crippen LogP contribution in [0.3, 0.4) is 0 Å². The molecule has 166 valence electrons. The van der Waals surface area contributed by atoms with Crippen LogP contribution >= 0.6 is 0 Å². The molecule has 4 rings (SSSR count). The van der Waals surface area contributed by atoms with E-state index in [4.69, 9.17) is 9.84 Å². The van der Waals surface area contributed by atoms with Gasteiger partial charge in [-0.2, -0.15) is 0 Å². The van der Waals surface area contributed by atoms with E-state index < -0.39 is 7.25 Å². The van der Waals surface area contributed by atoms with E-state index in [2.05, 4.69) is 86.3 Å². The molecule has 0 bridgehead atoms. The number of aromatic nitrogens is 3. The maximum atomic E-state index is 9.75. The summed E-state index contributed by atoms with van der Waals surface area (Å²) in [5, 5.41) is 4.76. The Morgan fingerprint density at radius 2 is 1.65 bits per heavy atom. The van der Waals surface area contributed by atoms with Gasteiger partial charge in [-0.15, -0.1) is 0 Å². The van der Waals surface area contributed by atoms with Crippen LogP contribution in [0.25, 0.3) is 5.69 Å². The van der Waals surface area contributed by atoms with Gasteiger partial charge in [-0.3, -0.25) is 0 Å². The number of ether oxygens (including phenoxy) is 1. The lowest BCUT2D eigenvalue weighted by atomic mass is 9.87. The highest BCUT2D eigenvalue weighted by atomic mass is 19.5. The zero-order chi connectivity index (χ0) is 22.6. The number of halogens is 4. The Balaban J connectivity index is 0.000000491. The van der Waals surface area contributed by atoms with Crippen LogP contribution in [0.15, 0.2) is 60.9 Å². The molecule has 4 nitrogen and oxygen atoms in total. The summed E-state index contributed by atoms with van der Waals surface area (Å²) in [5.74, 6) is 0.983. The first kappa shape index (κ1) is 23.0. The lowest BCUT2D eigenvalue weighted by Crippen LogP contribution is -2.48. The molecule has 1 aromatic heterocycles. The molecule has 0 spiro atoms. The molecule has 0 radical (unpaired) electrons. The molecule has 31 heavy (non-hydrogen) atoms. The van der Waals surface area contributed by atoms with Gasteiger partial charge in [0.15, 0.2) is 0 Å². The van der Waals surface area contributed by atoms with Crippen LogP contribution in [-0.2, 0) is 23.2 Å². The third-order valence-corrected chi connectivity index (χ3v) is 5.00. The van der Waals surface area contributed by atoms with Crippen LogP contribution in [0.1, 0.15) is 43.8 Å². The number of hydrogen-bond donors (Lipinski definition) is 0. The summed E-state index contributed by atoms with van der Waals surface area (Å²) in [6.45, 7) is 7.99. The highest BCUT2D eigenvalue weighted by molar-refractivity contribution is 6.50. The molecule has 2 aromatic carbocycles. The average molecular weight is 435 g/mol. The second-order valence-corrected chi connectivity index (χ2v) is 8.53. The van der Waals surface area contributed by atoms with Gasteiger partial charge in [-0.1, -0.05) is 67.9 Å². The molecule has 1 aliphatic heterocycles. The van der Waals surface area contributed by atoms with Crippen molar-refractivity contribution in [1.82, 2.24) is 9.78 Å². The third-order valence-electron chi connectivity index (χ3n) is 5.00. The van der Waals surface area contributed by atoms with Crippen LogP contribution < -0.4 is 4.57 Å². The van der Waals surface area contributed by atoms with Crippen molar-refractivity contribution in [1.29, 1.82) is 0 Å². The van der Waals surface area contributed by atoms with Gasteiger partial charge in [-0.25, -0.2) is 4.57 Å². The highest BCUT2D eigenvalue weighted by Crippen LogP contribution is 2.23. The Hall–Kier alpha value is -2.68. The van der Waals surface area contributed by atoms with E-state index in [0.717, 1.165) is 24.5 Å². The Bertz CT molecular complexity index is 977. The fraction of sp³-hybridized carbons (Fsp3) is 0.364. The quantitative estimate of drug-likeness (QED) is 0.327. The zero-order valence-electron chi connectivity index (χ0n) is 17.8. The van der Waals surface area contributed by atoms with E-state index in [1.807, 2.05) is 4.68 Å². The molecule has 0 aliphatic carbocycles. The second-order valence-electron chi connectivity index (χ2n) is 8.53. The number of benzene rings is 2. The van der Waals surface area contributed by atoms with Crippen molar-refractivity contribution in [2.75, 3.05) is 6.61 Å². The SMILES string of the molecule is CC(C)(C)c1ccc(-n2c[n+]3c(n2)COC[C@@H]3Cc2ccccc2)cc1.F[B-](F)(F)F. The number of rotatable bonds is 3. The van der Waals surface area contributed by atoms with Gasteiger partial charge < -0.3 is 22.0 Å². The average Bonchev–Trinajstić information content (AvgIpc) is 3.12. The van der Waals surface area contributed by atoms with Gasteiger partial charge in [0.25, 0.3) is 0 Å². The Morgan fingerprint density at radius 3 is 2.23 bits per heavy atom. The minimum absolute atomic E-state index is 0.158. The molecule has 0 saturated carbocycles.